The maximum atomic E-state index is 12.8. The number of carbonyl (C=O) groups excluding carboxylic acids is 2. The van der Waals surface area contributed by atoms with E-state index in [4.69, 9.17) is 9.47 Å². The fourth-order valence-electron chi connectivity index (χ4n) is 6.37. The lowest BCUT2D eigenvalue weighted by Gasteiger charge is -2.12. The lowest BCUT2D eigenvalue weighted by atomic mass is 9.98. The van der Waals surface area contributed by atoms with Crippen molar-refractivity contribution in [2.75, 3.05) is 13.2 Å². The second-order valence-corrected chi connectivity index (χ2v) is 14.0. The van der Waals surface area contributed by atoms with Crippen molar-refractivity contribution in [2.24, 2.45) is 0 Å². The molecule has 0 heterocycles. The summed E-state index contributed by atoms with van der Waals surface area (Å²) in [5, 5.41) is 19.5. The summed E-state index contributed by atoms with van der Waals surface area (Å²) in [5.74, 6) is -4.73. The van der Waals surface area contributed by atoms with Gasteiger partial charge in [0, 0.05) is 0 Å². The Labute approximate surface area is 303 Å². The number of hydrogen-bond donors (Lipinski definition) is 2. The summed E-state index contributed by atoms with van der Waals surface area (Å²) in [6, 6.07) is 1.84. The Balaban J connectivity index is 2.35. The maximum absolute atomic E-state index is 12.8. The number of carboxylic acid groups (broad SMARTS) is 2. The van der Waals surface area contributed by atoms with E-state index in [1.165, 1.54) is 128 Å². The van der Waals surface area contributed by atoms with Gasteiger partial charge in [-0.3, -0.25) is 0 Å². The molecular weight excluding hydrogens is 632 g/mol. The molecule has 0 amide bonds. The third kappa shape index (κ3) is 22.0. The van der Waals surface area contributed by atoms with Gasteiger partial charge in [0.2, 0.25) is 0 Å². The van der Waals surface area contributed by atoms with Crippen LogP contribution >= 0.6 is 0 Å². The summed E-state index contributed by atoms with van der Waals surface area (Å²) in [6.45, 7) is 4.71. The van der Waals surface area contributed by atoms with Gasteiger partial charge in [0.15, 0.2) is 0 Å². The van der Waals surface area contributed by atoms with E-state index in [1.807, 2.05) is 0 Å². The van der Waals surface area contributed by atoms with Gasteiger partial charge in [0.25, 0.3) is 0 Å². The first-order valence-corrected chi connectivity index (χ1v) is 20.3. The highest BCUT2D eigenvalue weighted by atomic mass is 16.5. The lowest BCUT2D eigenvalue weighted by Crippen LogP contribution is -2.19. The zero-order valence-corrected chi connectivity index (χ0v) is 31.7. The third-order valence-corrected chi connectivity index (χ3v) is 9.52. The van der Waals surface area contributed by atoms with Gasteiger partial charge in [-0.05, 0) is 25.0 Å². The second-order valence-electron chi connectivity index (χ2n) is 14.0. The van der Waals surface area contributed by atoms with Crippen LogP contribution in [0.4, 0.5) is 0 Å². The average molecular weight is 703 g/mol. The van der Waals surface area contributed by atoms with E-state index in [9.17, 15) is 29.4 Å². The van der Waals surface area contributed by atoms with Crippen LogP contribution in [0.15, 0.2) is 12.1 Å². The molecule has 1 rings (SSSR count). The van der Waals surface area contributed by atoms with Crippen LogP contribution in [0.3, 0.4) is 0 Å². The molecule has 0 unspecified atom stereocenters. The number of rotatable bonds is 34. The molecule has 50 heavy (non-hydrogen) atoms. The first kappa shape index (κ1) is 45.1. The summed E-state index contributed by atoms with van der Waals surface area (Å²) in [5.41, 5.74) is -1.73. The van der Waals surface area contributed by atoms with Gasteiger partial charge in [-0.1, -0.05) is 181 Å². The highest BCUT2D eigenvalue weighted by molar-refractivity contribution is 6.09. The van der Waals surface area contributed by atoms with Gasteiger partial charge < -0.3 is 19.7 Å². The molecule has 0 spiro atoms. The number of aromatic carboxylic acids is 2. The molecule has 1 aromatic rings. The van der Waals surface area contributed by atoms with Crippen molar-refractivity contribution in [3.05, 3.63) is 34.4 Å². The minimum Gasteiger partial charge on any atom is -0.478 e. The largest absolute Gasteiger partial charge is 0.478 e. The number of carbonyl (C=O) groups is 4. The van der Waals surface area contributed by atoms with Gasteiger partial charge in [-0.2, -0.15) is 0 Å². The van der Waals surface area contributed by atoms with Crippen LogP contribution in [0.5, 0.6) is 0 Å². The van der Waals surface area contributed by atoms with Crippen molar-refractivity contribution in [2.45, 2.75) is 194 Å². The molecule has 0 aromatic heterocycles. The minimum atomic E-state index is -1.45. The number of unbranched alkanes of at least 4 members (excludes halogenated alkanes) is 26. The van der Waals surface area contributed by atoms with Crippen LogP contribution in [0.1, 0.15) is 235 Å². The van der Waals surface area contributed by atoms with Crippen molar-refractivity contribution in [3.8, 4) is 0 Å². The second kappa shape index (κ2) is 30.9. The molecule has 286 valence electrons. The standard InChI is InChI=1S/C42H70O8/c1-3-5-7-9-11-13-15-17-19-21-23-25-27-29-31-49-41(47)37-33-36(40(45)46)38(34-35(37)39(43)44)42(48)50-32-30-28-26-24-22-20-18-16-14-12-10-8-6-4-2/h33-34H,3-32H2,1-2H3,(H,43,44)(H,45,46). The third-order valence-electron chi connectivity index (χ3n) is 9.52. The summed E-state index contributed by atoms with van der Waals surface area (Å²) < 4.78 is 10.6. The zero-order chi connectivity index (χ0) is 36.7. The smallest absolute Gasteiger partial charge is 0.339 e. The van der Waals surface area contributed by atoms with Gasteiger partial charge >= 0.3 is 23.9 Å². The Hall–Kier alpha value is -2.90. The summed E-state index contributed by atoms with van der Waals surface area (Å²) in [6.07, 6.45) is 33.5. The average Bonchev–Trinajstić information content (AvgIpc) is 3.10. The van der Waals surface area contributed by atoms with E-state index in [0.717, 1.165) is 50.7 Å². The Bertz CT molecular complexity index is 982. The number of carboxylic acids is 2. The number of esters is 2. The van der Waals surface area contributed by atoms with Gasteiger partial charge in [-0.15, -0.1) is 0 Å². The number of hydrogen-bond acceptors (Lipinski definition) is 6. The van der Waals surface area contributed by atoms with E-state index in [2.05, 4.69) is 13.8 Å². The molecule has 0 atom stereocenters. The molecule has 0 radical (unpaired) electrons. The van der Waals surface area contributed by atoms with Crippen LogP contribution in [0.2, 0.25) is 0 Å². The van der Waals surface area contributed by atoms with Crippen molar-refractivity contribution >= 4 is 23.9 Å². The number of benzene rings is 1. The molecule has 8 heteroatoms. The Morgan fingerprint density at radius 3 is 0.820 bits per heavy atom. The first-order valence-electron chi connectivity index (χ1n) is 20.3. The van der Waals surface area contributed by atoms with E-state index in [-0.39, 0.29) is 24.3 Å². The monoisotopic (exact) mass is 703 g/mol. The molecule has 0 aliphatic carbocycles. The maximum Gasteiger partial charge on any atom is 0.339 e. The van der Waals surface area contributed by atoms with Crippen molar-refractivity contribution in [1.29, 1.82) is 0 Å². The molecule has 0 fully saturated rings. The quantitative estimate of drug-likeness (QED) is 0.0536. The van der Waals surface area contributed by atoms with E-state index >= 15 is 0 Å². The van der Waals surface area contributed by atoms with Gasteiger partial charge in [-0.25, -0.2) is 19.2 Å². The van der Waals surface area contributed by atoms with E-state index < -0.39 is 35.0 Å². The van der Waals surface area contributed by atoms with Gasteiger partial charge in [0.1, 0.15) is 0 Å². The molecule has 2 N–H and O–H groups in total. The highest BCUT2D eigenvalue weighted by Gasteiger charge is 2.27. The molecule has 0 aliphatic rings. The van der Waals surface area contributed by atoms with Crippen LogP contribution in [-0.2, 0) is 9.47 Å². The zero-order valence-electron chi connectivity index (χ0n) is 31.7. The summed E-state index contributed by atoms with van der Waals surface area (Å²) in [7, 11) is 0. The molecule has 0 aliphatic heterocycles. The molecule has 0 bridgehead atoms. The summed E-state index contributed by atoms with van der Waals surface area (Å²) in [4.78, 5) is 49.6. The van der Waals surface area contributed by atoms with Crippen LogP contribution in [0, 0.1) is 0 Å². The SMILES string of the molecule is CCCCCCCCCCCCCCCCOC(=O)c1cc(C(=O)O)c(C(=O)OCCCCCCCCCCCCCCCC)cc1C(=O)O. The molecular formula is C42H70O8. The van der Waals surface area contributed by atoms with E-state index in [1.54, 1.807) is 0 Å². The molecule has 0 saturated carbocycles. The normalized spacial score (nSPS) is 11.1. The first-order chi connectivity index (χ1) is 24.3. The van der Waals surface area contributed by atoms with Crippen LogP contribution < -0.4 is 0 Å². The van der Waals surface area contributed by atoms with Crippen molar-refractivity contribution in [3.63, 3.8) is 0 Å². The topological polar surface area (TPSA) is 127 Å². The van der Waals surface area contributed by atoms with Crippen LogP contribution in [-0.4, -0.2) is 47.3 Å². The Morgan fingerprint density at radius 2 is 0.600 bits per heavy atom. The summed E-state index contributed by atoms with van der Waals surface area (Å²) >= 11 is 0. The fourth-order valence-corrected chi connectivity index (χ4v) is 6.37. The Morgan fingerprint density at radius 1 is 0.380 bits per heavy atom. The fraction of sp³-hybridized carbons (Fsp3) is 0.762. The van der Waals surface area contributed by atoms with Crippen LogP contribution in [0.25, 0.3) is 0 Å². The molecule has 0 saturated heterocycles. The minimum absolute atomic E-state index is 0.112. The van der Waals surface area contributed by atoms with Crippen molar-refractivity contribution < 1.29 is 38.9 Å². The molecule has 8 nitrogen and oxygen atoms in total. The lowest BCUT2D eigenvalue weighted by molar-refractivity contribution is 0.0472. The molecule has 1 aromatic carbocycles. The predicted octanol–water partition coefficient (Wildman–Crippen LogP) is 12.4. The Kier molecular flexibility index (Phi) is 27.9. The van der Waals surface area contributed by atoms with E-state index in [0.29, 0.717) is 12.8 Å². The van der Waals surface area contributed by atoms with Gasteiger partial charge in [0.05, 0.1) is 35.5 Å². The van der Waals surface area contributed by atoms with Crippen molar-refractivity contribution in [1.82, 2.24) is 0 Å². The predicted molar refractivity (Wildman–Crippen MR) is 202 cm³/mol. The number of ether oxygens (including phenoxy) is 2. The highest BCUT2D eigenvalue weighted by Crippen LogP contribution is 2.21.